The van der Waals surface area contributed by atoms with Crippen LogP contribution in [0.25, 0.3) is 10.8 Å². The molecular formula is C21H23FN4O. The van der Waals surface area contributed by atoms with Crippen molar-refractivity contribution in [1.29, 1.82) is 0 Å². The summed E-state index contributed by atoms with van der Waals surface area (Å²) in [4.78, 5) is 15.2. The van der Waals surface area contributed by atoms with Gasteiger partial charge in [-0.1, -0.05) is 24.3 Å². The summed E-state index contributed by atoms with van der Waals surface area (Å²) in [6.07, 6.45) is 1.98. The van der Waals surface area contributed by atoms with Crippen molar-refractivity contribution in [2.24, 2.45) is 0 Å². The highest BCUT2D eigenvalue weighted by molar-refractivity contribution is 6.12. The summed E-state index contributed by atoms with van der Waals surface area (Å²) < 4.78 is 15.9. The number of halogens is 1. The van der Waals surface area contributed by atoms with Gasteiger partial charge in [0.15, 0.2) is 0 Å². The fourth-order valence-corrected chi connectivity index (χ4v) is 3.77. The van der Waals surface area contributed by atoms with Gasteiger partial charge in [-0.2, -0.15) is 5.10 Å². The number of piperidine rings is 1. The van der Waals surface area contributed by atoms with Gasteiger partial charge in [-0.15, -0.1) is 0 Å². The van der Waals surface area contributed by atoms with Crippen LogP contribution in [0.15, 0.2) is 42.5 Å². The second-order valence-electron chi connectivity index (χ2n) is 7.28. The third-order valence-electron chi connectivity index (χ3n) is 5.20. The van der Waals surface area contributed by atoms with Gasteiger partial charge >= 0.3 is 0 Å². The zero-order valence-electron chi connectivity index (χ0n) is 15.6. The molecule has 0 aliphatic carbocycles. The molecular weight excluding hydrogens is 343 g/mol. The van der Waals surface area contributed by atoms with Crippen LogP contribution in [-0.2, 0) is 0 Å². The molecule has 2 aromatic carbocycles. The van der Waals surface area contributed by atoms with Gasteiger partial charge in [-0.25, -0.2) is 9.07 Å². The van der Waals surface area contributed by atoms with Crippen LogP contribution in [0.1, 0.15) is 34.9 Å². The molecule has 6 heteroatoms. The number of rotatable bonds is 3. The summed E-state index contributed by atoms with van der Waals surface area (Å²) in [5.74, 6) is -0.0703. The van der Waals surface area contributed by atoms with Crippen molar-refractivity contribution in [1.82, 2.24) is 14.7 Å². The lowest BCUT2D eigenvalue weighted by Crippen LogP contribution is -2.32. The maximum absolute atomic E-state index is 14.0. The van der Waals surface area contributed by atoms with E-state index in [0.29, 0.717) is 16.8 Å². The number of anilines is 1. The highest BCUT2D eigenvalue weighted by atomic mass is 19.1. The van der Waals surface area contributed by atoms with Crippen molar-refractivity contribution in [3.05, 3.63) is 59.5 Å². The van der Waals surface area contributed by atoms with Crippen molar-refractivity contribution in [2.75, 3.05) is 25.5 Å². The van der Waals surface area contributed by atoms with Gasteiger partial charge in [-0.05, 0) is 62.8 Å². The monoisotopic (exact) mass is 366 g/mol. The van der Waals surface area contributed by atoms with Crippen molar-refractivity contribution in [3.8, 4) is 0 Å². The molecule has 1 aliphatic heterocycles. The van der Waals surface area contributed by atoms with Crippen LogP contribution in [0.5, 0.6) is 0 Å². The SMILES string of the molecule is Cc1cc(NC(=O)c2cc(F)cc3ccccc23)n(C2CCN(C)CC2)n1. The van der Waals surface area contributed by atoms with Gasteiger partial charge < -0.3 is 10.2 Å². The number of aromatic nitrogens is 2. The summed E-state index contributed by atoms with van der Waals surface area (Å²) in [6.45, 7) is 3.93. The number of nitrogens with zero attached hydrogens (tertiary/aromatic N) is 3. The molecule has 0 bridgehead atoms. The molecule has 0 radical (unpaired) electrons. The Bertz CT molecular complexity index is 989. The van der Waals surface area contributed by atoms with Gasteiger partial charge in [0.2, 0.25) is 0 Å². The molecule has 1 amide bonds. The van der Waals surface area contributed by atoms with E-state index in [2.05, 4.69) is 22.4 Å². The van der Waals surface area contributed by atoms with Crippen LogP contribution in [0.3, 0.4) is 0 Å². The van der Waals surface area contributed by atoms with Gasteiger partial charge in [-0.3, -0.25) is 4.79 Å². The average molecular weight is 366 g/mol. The molecule has 4 rings (SSSR count). The summed E-state index contributed by atoms with van der Waals surface area (Å²) in [7, 11) is 2.11. The fourth-order valence-electron chi connectivity index (χ4n) is 3.77. The standard InChI is InChI=1S/C21H23FN4O/c1-14-11-20(26(24-14)17-7-9-25(2)10-8-17)23-21(27)19-13-16(22)12-15-5-3-4-6-18(15)19/h3-6,11-13,17H,7-10H2,1-2H3,(H,23,27). The zero-order chi connectivity index (χ0) is 19.0. The minimum absolute atomic E-state index is 0.259. The first-order chi connectivity index (χ1) is 13.0. The Labute approximate surface area is 157 Å². The summed E-state index contributed by atoms with van der Waals surface area (Å²) in [5.41, 5.74) is 1.19. The minimum atomic E-state index is -0.418. The highest BCUT2D eigenvalue weighted by Crippen LogP contribution is 2.27. The van der Waals surface area contributed by atoms with Crippen molar-refractivity contribution in [3.63, 3.8) is 0 Å². The number of fused-ring (bicyclic) bond motifs is 1. The number of nitrogens with one attached hydrogen (secondary N) is 1. The van der Waals surface area contributed by atoms with E-state index in [0.717, 1.165) is 37.0 Å². The Balaban J connectivity index is 1.65. The van der Waals surface area contributed by atoms with E-state index in [1.807, 2.05) is 41.9 Å². The average Bonchev–Trinajstić information content (AvgIpc) is 3.01. The van der Waals surface area contributed by atoms with Crippen molar-refractivity contribution < 1.29 is 9.18 Å². The second kappa shape index (κ2) is 7.12. The van der Waals surface area contributed by atoms with E-state index >= 15 is 0 Å². The molecule has 1 fully saturated rings. The van der Waals surface area contributed by atoms with E-state index in [1.165, 1.54) is 12.1 Å². The number of hydrogen-bond acceptors (Lipinski definition) is 3. The van der Waals surface area contributed by atoms with Gasteiger partial charge in [0, 0.05) is 6.07 Å². The predicted octanol–water partition coefficient (Wildman–Crippen LogP) is 4.00. The molecule has 0 unspecified atom stereocenters. The van der Waals surface area contributed by atoms with Crippen LogP contribution in [0.2, 0.25) is 0 Å². The molecule has 1 aliphatic rings. The van der Waals surface area contributed by atoms with Crippen LogP contribution >= 0.6 is 0 Å². The molecule has 1 aromatic heterocycles. The molecule has 3 aromatic rings. The first-order valence-electron chi connectivity index (χ1n) is 9.25. The third kappa shape index (κ3) is 3.57. The molecule has 2 heterocycles. The summed E-state index contributed by atoms with van der Waals surface area (Å²) in [6, 6.07) is 12.2. The van der Waals surface area contributed by atoms with Crippen LogP contribution in [-0.4, -0.2) is 40.7 Å². The molecule has 1 saturated heterocycles. The number of aryl methyl sites for hydroxylation is 1. The molecule has 27 heavy (non-hydrogen) atoms. The van der Waals surface area contributed by atoms with E-state index in [1.54, 1.807) is 0 Å². The Morgan fingerprint density at radius 2 is 1.93 bits per heavy atom. The van der Waals surface area contributed by atoms with E-state index in [9.17, 15) is 9.18 Å². The molecule has 5 nitrogen and oxygen atoms in total. The van der Waals surface area contributed by atoms with Gasteiger partial charge in [0.1, 0.15) is 11.6 Å². The zero-order valence-corrected chi connectivity index (χ0v) is 15.6. The Hall–Kier alpha value is -2.73. The normalized spacial score (nSPS) is 16.0. The number of likely N-dealkylation sites (tertiary alicyclic amines) is 1. The quantitative estimate of drug-likeness (QED) is 0.762. The lowest BCUT2D eigenvalue weighted by Gasteiger charge is -2.30. The largest absolute Gasteiger partial charge is 0.307 e. The first kappa shape index (κ1) is 17.7. The molecule has 0 atom stereocenters. The van der Waals surface area contributed by atoms with Crippen LogP contribution in [0.4, 0.5) is 10.2 Å². The fraction of sp³-hybridized carbons (Fsp3) is 0.333. The smallest absolute Gasteiger partial charge is 0.257 e. The topological polar surface area (TPSA) is 50.2 Å². The maximum atomic E-state index is 14.0. The van der Waals surface area contributed by atoms with Gasteiger partial charge in [0.05, 0.1) is 17.3 Å². The summed E-state index contributed by atoms with van der Waals surface area (Å²) in [5, 5.41) is 9.00. The van der Waals surface area contributed by atoms with E-state index in [4.69, 9.17) is 0 Å². The second-order valence-corrected chi connectivity index (χ2v) is 7.28. The number of amides is 1. The maximum Gasteiger partial charge on any atom is 0.257 e. The predicted molar refractivity (Wildman–Crippen MR) is 105 cm³/mol. The molecule has 1 N–H and O–H groups in total. The lowest BCUT2D eigenvalue weighted by atomic mass is 10.0. The Morgan fingerprint density at radius 3 is 2.70 bits per heavy atom. The van der Waals surface area contributed by atoms with E-state index < -0.39 is 5.82 Å². The minimum Gasteiger partial charge on any atom is -0.307 e. The number of benzene rings is 2. The Morgan fingerprint density at radius 1 is 1.19 bits per heavy atom. The van der Waals surface area contributed by atoms with Crippen LogP contribution < -0.4 is 5.32 Å². The molecule has 0 saturated carbocycles. The molecule has 140 valence electrons. The third-order valence-corrected chi connectivity index (χ3v) is 5.20. The van der Waals surface area contributed by atoms with Crippen molar-refractivity contribution >= 4 is 22.5 Å². The Kier molecular flexibility index (Phi) is 4.66. The number of hydrogen-bond donors (Lipinski definition) is 1. The summed E-state index contributed by atoms with van der Waals surface area (Å²) >= 11 is 0. The number of carbonyl (C=O) groups excluding carboxylic acids is 1. The number of carbonyl (C=O) groups is 1. The van der Waals surface area contributed by atoms with E-state index in [-0.39, 0.29) is 11.9 Å². The highest BCUT2D eigenvalue weighted by Gasteiger charge is 2.23. The van der Waals surface area contributed by atoms with Crippen molar-refractivity contribution in [2.45, 2.75) is 25.8 Å². The van der Waals surface area contributed by atoms with Gasteiger partial charge in [0.25, 0.3) is 5.91 Å². The molecule has 0 spiro atoms. The lowest BCUT2D eigenvalue weighted by molar-refractivity contribution is 0.102. The van der Waals surface area contributed by atoms with Crippen LogP contribution in [0, 0.1) is 12.7 Å². The first-order valence-corrected chi connectivity index (χ1v) is 9.25.